The molecule has 3 aromatic rings. The molecule has 2 aromatic carbocycles. The number of hydrogen-bond donors (Lipinski definition) is 2. The van der Waals surface area contributed by atoms with Crippen molar-refractivity contribution >= 4 is 28.9 Å². The zero-order valence-corrected chi connectivity index (χ0v) is 16.9. The van der Waals surface area contributed by atoms with Gasteiger partial charge in [-0.15, -0.1) is 0 Å². The lowest BCUT2D eigenvalue weighted by atomic mass is 10.2. The van der Waals surface area contributed by atoms with E-state index in [2.05, 4.69) is 15.7 Å². The summed E-state index contributed by atoms with van der Waals surface area (Å²) in [7, 11) is 1.55. The Morgan fingerprint density at radius 2 is 1.97 bits per heavy atom. The van der Waals surface area contributed by atoms with Crippen molar-refractivity contribution in [3.8, 4) is 11.5 Å². The van der Waals surface area contributed by atoms with Gasteiger partial charge in [0.2, 0.25) is 0 Å². The van der Waals surface area contributed by atoms with Crippen molar-refractivity contribution in [2.24, 2.45) is 7.05 Å². The first kappa shape index (κ1) is 20.4. The van der Waals surface area contributed by atoms with E-state index in [1.54, 1.807) is 55.6 Å². The molecular weight excluding hydrogens is 392 g/mol. The van der Waals surface area contributed by atoms with E-state index in [4.69, 9.17) is 16.3 Å². The summed E-state index contributed by atoms with van der Waals surface area (Å²) in [5, 5.41) is 10.4. The SMILES string of the molecule is CCCNC(=O)c1ccc(Nc2c(Oc3cccc(Cl)c3)cnn(C)c2=O)cc1. The zero-order chi connectivity index (χ0) is 20.8. The highest BCUT2D eigenvalue weighted by Crippen LogP contribution is 2.29. The third-order valence-corrected chi connectivity index (χ3v) is 4.31. The van der Waals surface area contributed by atoms with Crippen molar-refractivity contribution in [3.63, 3.8) is 0 Å². The van der Waals surface area contributed by atoms with Crippen molar-refractivity contribution < 1.29 is 9.53 Å². The number of anilines is 2. The molecule has 0 atom stereocenters. The largest absolute Gasteiger partial charge is 0.453 e. The Kier molecular flexibility index (Phi) is 6.51. The Morgan fingerprint density at radius 3 is 2.66 bits per heavy atom. The first-order valence-corrected chi connectivity index (χ1v) is 9.50. The van der Waals surface area contributed by atoms with Gasteiger partial charge in [0.05, 0.1) is 6.20 Å². The molecule has 29 heavy (non-hydrogen) atoms. The average Bonchev–Trinajstić information content (AvgIpc) is 2.72. The highest BCUT2D eigenvalue weighted by atomic mass is 35.5. The van der Waals surface area contributed by atoms with Gasteiger partial charge in [-0.1, -0.05) is 24.6 Å². The van der Waals surface area contributed by atoms with Crippen LogP contribution in [0.25, 0.3) is 0 Å². The predicted molar refractivity (Wildman–Crippen MR) is 113 cm³/mol. The van der Waals surface area contributed by atoms with Crippen LogP contribution >= 0.6 is 11.6 Å². The molecule has 150 valence electrons. The normalized spacial score (nSPS) is 10.4. The van der Waals surface area contributed by atoms with E-state index in [1.807, 2.05) is 6.92 Å². The summed E-state index contributed by atoms with van der Waals surface area (Å²) < 4.78 is 7.03. The van der Waals surface area contributed by atoms with Gasteiger partial charge < -0.3 is 15.4 Å². The standard InChI is InChI=1S/C21H21ClN4O3/c1-3-11-23-20(27)14-7-9-16(10-8-14)25-19-18(13-24-26(2)21(19)28)29-17-6-4-5-15(22)12-17/h4-10,12-13,25H,3,11H2,1-2H3,(H,23,27). The third-order valence-electron chi connectivity index (χ3n) is 4.08. The maximum absolute atomic E-state index is 12.6. The number of ether oxygens (including phenoxy) is 1. The fourth-order valence-corrected chi connectivity index (χ4v) is 2.74. The van der Waals surface area contributed by atoms with Gasteiger partial charge in [0.15, 0.2) is 11.4 Å². The van der Waals surface area contributed by atoms with Crippen molar-refractivity contribution in [1.82, 2.24) is 15.1 Å². The predicted octanol–water partition coefficient (Wildman–Crippen LogP) is 4.11. The van der Waals surface area contributed by atoms with Crippen LogP contribution in [0.3, 0.4) is 0 Å². The van der Waals surface area contributed by atoms with Crippen LogP contribution in [0, 0.1) is 0 Å². The summed E-state index contributed by atoms with van der Waals surface area (Å²) in [6.07, 6.45) is 2.32. The molecule has 0 saturated carbocycles. The molecule has 1 amide bonds. The average molecular weight is 413 g/mol. The molecule has 0 aliphatic carbocycles. The van der Waals surface area contributed by atoms with E-state index in [1.165, 1.54) is 10.9 Å². The Labute approximate surface area is 173 Å². The molecule has 0 fully saturated rings. The number of carbonyl (C=O) groups excluding carboxylic acids is 1. The zero-order valence-electron chi connectivity index (χ0n) is 16.1. The molecule has 1 heterocycles. The van der Waals surface area contributed by atoms with E-state index < -0.39 is 0 Å². The minimum atomic E-state index is -0.353. The molecule has 0 saturated heterocycles. The molecule has 0 unspecified atom stereocenters. The van der Waals surface area contributed by atoms with E-state index in [9.17, 15) is 9.59 Å². The van der Waals surface area contributed by atoms with E-state index in [-0.39, 0.29) is 22.9 Å². The van der Waals surface area contributed by atoms with Crippen LogP contribution in [0.2, 0.25) is 5.02 Å². The number of nitrogens with one attached hydrogen (secondary N) is 2. The summed E-state index contributed by atoms with van der Waals surface area (Å²) >= 11 is 6.00. The molecule has 0 aliphatic heterocycles. The molecular formula is C21H21ClN4O3. The topological polar surface area (TPSA) is 85.2 Å². The lowest BCUT2D eigenvalue weighted by molar-refractivity contribution is 0.0953. The number of halogens is 1. The fourth-order valence-electron chi connectivity index (χ4n) is 2.56. The highest BCUT2D eigenvalue weighted by molar-refractivity contribution is 6.30. The molecule has 0 aliphatic rings. The van der Waals surface area contributed by atoms with Crippen LogP contribution in [0.4, 0.5) is 11.4 Å². The number of aryl methyl sites for hydroxylation is 1. The highest BCUT2D eigenvalue weighted by Gasteiger charge is 2.13. The second-order valence-corrected chi connectivity index (χ2v) is 6.77. The minimum Gasteiger partial charge on any atom is -0.453 e. The third kappa shape index (κ3) is 5.14. The first-order valence-electron chi connectivity index (χ1n) is 9.13. The quantitative estimate of drug-likeness (QED) is 0.610. The number of rotatable bonds is 7. The van der Waals surface area contributed by atoms with Crippen molar-refractivity contribution in [2.45, 2.75) is 13.3 Å². The number of carbonyl (C=O) groups is 1. The second kappa shape index (κ2) is 9.25. The van der Waals surface area contributed by atoms with Gasteiger partial charge in [0.25, 0.3) is 11.5 Å². The van der Waals surface area contributed by atoms with Gasteiger partial charge in [0.1, 0.15) is 5.75 Å². The fraction of sp³-hybridized carbons (Fsp3) is 0.190. The Hall–Kier alpha value is -3.32. The molecule has 2 N–H and O–H groups in total. The Morgan fingerprint density at radius 1 is 1.21 bits per heavy atom. The summed E-state index contributed by atoms with van der Waals surface area (Å²) in [6.45, 7) is 2.61. The van der Waals surface area contributed by atoms with Gasteiger partial charge in [0, 0.05) is 29.9 Å². The molecule has 0 bridgehead atoms. The van der Waals surface area contributed by atoms with Gasteiger partial charge >= 0.3 is 0 Å². The molecule has 1 aromatic heterocycles. The molecule has 3 rings (SSSR count). The maximum atomic E-state index is 12.6. The second-order valence-electron chi connectivity index (χ2n) is 6.33. The van der Waals surface area contributed by atoms with Gasteiger partial charge in [-0.2, -0.15) is 5.10 Å². The molecule has 0 spiro atoms. The van der Waals surface area contributed by atoms with Crippen LogP contribution in [-0.2, 0) is 7.05 Å². The lowest BCUT2D eigenvalue weighted by Gasteiger charge is -2.13. The number of amides is 1. The Balaban J connectivity index is 1.85. The van der Waals surface area contributed by atoms with Crippen LogP contribution in [0.5, 0.6) is 11.5 Å². The lowest BCUT2D eigenvalue weighted by Crippen LogP contribution is -2.24. The smallest absolute Gasteiger partial charge is 0.294 e. The van der Waals surface area contributed by atoms with E-state index in [0.717, 1.165) is 6.42 Å². The van der Waals surface area contributed by atoms with Crippen LogP contribution in [0.15, 0.2) is 59.5 Å². The summed E-state index contributed by atoms with van der Waals surface area (Å²) in [5.41, 5.74) is 1.05. The van der Waals surface area contributed by atoms with E-state index in [0.29, 0.717) is 28.6 Å². The Bertz CT molecular complexity index is 1060. The molecule has 8 heteroatoms. The van der Waals surface area contributed by atoms with Crippen LogP contribution in [0.1, 0.15) is 23.7 Å². The van der Waals surface area contributed by atoms with Crippen LogP contribution in [-0.4, -0.2) is 22.2 Å². The number of nitrogens with zero attached hydrogens (tertiary/aromatic N) is 2. The monoisotopic (exact) mass is 412 g/mol. The van der Waals surface area contributed by atoms with Gasteiger partial charge in [-0.3, -0.25) is 9.59 Å². The first-order chi connectivity index (χ1) is 14.0. The van der Waals surface area contributed by atoms with Crippen molar-refractivity contribution in [3.05, 3.63) is 75.7 Å². The summed E-state index contributed by atoms with van der Waals surface area (Å²) in [5.74, 6) is 0.613. The van der Waals surface area contributed by atoms with Crippen molar-refractivity contribution in [2.75, 3.05) is 11.9 Å². The number of benzene rings is 2. The maximum Gasteiger partial charge on any atom is 0.294 e. The van der Waals surface area contributed by atoms with Gasteiger partial charge in [-0.25, -0.2) is 4.68 Å². The van der Waals surface area contributed by atoms with E-state index >= 15 is 0 Å². The molecule has 7 nitrogen and oxygen atoms in total. The summed E-state index contributed by atoms with van der Waals surface area (Å²) in [4.78, 5) is 24.6. The number of hydrogen-bond acceptors (Lipinski definition) is 5. The van der Waals surface area contributed by atoms with Gasteiger partial charge in [-0.05, 0) is 48.9 Å². The summed E-state index contributed by atoms with van der Waals surface area (Å²) in [6, 6.07) is 13.7. The minimum absolute atomic E-state index is 0.136. The molecule has 0 radical (unpaired) electrons. The van der Waals surface area contributed by atoms with Crippen molar-refractivity contribution in [1.29, 1.82) is 0 Å². The number of aromatic nitrogens is 2. The van der Waals surface area contributed by atoms with Crippen LogP contribution < -0.4 is 20.9 Å².